The number of halogens is 1. The van der Waals surface area contributed by atoms with Crippen LogP contribution in [-0.4, -0.2) is 36.9 Å². The molecule has 1 amide bonds. The fraction of sp³-hybridized carbons (Fsp3) is 0.240. The van der Waals surface area contributed by atoms with Gasteiger partial charge in [-0.05, 0) is 62.2 Å². The highest BCUT2D eigenvalue weighted by Gasteiger charge is 2.37. The Morgan fingerprint density at radius 3 is 2.69 bits per heavy atom. The molecule has 0 radical (unpaired) electrons. The number of nitrogens with zero attached hydrogens (tertiary/aromatic N) is 3. The van der Waals surface area contributed by atoms with Crippen molar-refractivity contribution in [3.63, 3.8) is 0 Å². The predicted octanol–water partition coefficient (Wildman–Crippen LogP) is 4.20. The van der Waals surface area contributed by atoms with Crippen molar-refractivity contribution in [2.24, 2.45) is 5.92 Å². The molecule has 1 atom stereocenters. The maximum atomic E-state index is 14.0. The second-order valence-electron chi connectivity index (χ2n) is 8.20. The summed E-state index contributed by atoms with van der Waals surface area (Å²) in [7, 11) is -4.03. The van der Waals surface area contributed by atoms with Crippen LogP contribution in [0.1, 0.15) is 35.4 Å². The first-order valence-electron chi connectivity index (χ1n) is 11.0. The summed E-state index contributed by atoms with van der Waals surface area (Å²) in [6.07, 6.45) is 3.86. The molecule has 0 unspecified atom stereocenters. The number of amides is 1. The van der Waals surface area contributed by atoms with E-state index in [0.717, 1.165) is 0 Å². The molecule has 3 aromatic rings. The monoisotopic (exact) mass is 494 g/mol. The summed E-state index contributed by atoms with van der Waals surface area (Å²) in [5, 5.41) is 15.5. The fourth-order valence-electron chi connectivity index (χ4n) is 3.95. The van der Waals surface area contributed by atoms with Crippen molar-refractivity contribution in [2.45, 2.75) is 24.7 Å². The molecule has 1 aromatic heterocycles. The van der Waals surface area contributed by atoms with Gasteiger partial charge in [0.15, 0.2) is 10.7 Å². The summed E-state index contributed by atoms with van der Waals surface area (Å²) in [6, 6.07) is 14.6. The van der Waals surface area contributed by atoms with E-state index in [1.165, 1.54) is 29.4 Å². The highest BCUT2D eigenvalue weighted by atomic mass is 32.2. The standard InChI is InChI=1S/C25H23FN4O4S/c1-17-24(23(34-29-17)13-10-19-5-2-3-7-22(19)26)35(32,33)30-14-4-6-20(16-30)25(31)28-21-11-8-18(15-27)9-12-21/h2-3,5,7-13,20H,4,6,14,16H2,1H3,(H,28,31)/b13-10+/t20-/m1/s1. The zero-order valence-electron chi connectivity index (χ0n) is 18.9. The van der Waals surface area contributed by atoms with E-state index in [2.05, 4.69) is 10.5 Å². The Bertz CT molecular complexity index is 1410. The van der Waals surface area contributed by atoms with Crippen molar-refractivity contribution >= 4 is 33.8 Å². The molecule has 2 heterocycles. The molecule has 4 rings (SSSR count). The number of hydrogen-bond acceptors (Lipinski definition) is 6. The van der Waals surface area contributed by atoms with Crippen LogP contribution in [0.25, 0.3) is 12.2 Å². The van der Waals surface area contributed by atoms with Gasteiger partial charge in [-0.25, -0.2) is 12.8 Å². The highest BCUT2D eigenvalue weighted by molar-refractivity contribution is 7.89. The Labute approximate surface area is 202 Å². The minimum Gasteiger partial charge on any atom is -0.355 e. The van der Waals surface area contributed by atoms with Crippen molar-refractivity contribution in [1.82, 2.24) is 9.46 Å². The maximum absolute atomic E-state index is 14.0. The summed E-state index contributed by atoms with van der Waals surface area (Å²) in [5.74, 6) is -1.30. The number of nitrogens with one attached hydrogen (secondary N) is 1. The number of carbonyl (C=O) groups is 1. The number of nitriles is 1. The molecule has 0 spiro atoms. The van der Waals surface area contributed by atoms with Gasteiger partial charge < -0.3 is 9.84 Å². The third kappa shape index (κ3) is 5.31. The van der Waals surface area contributed by atoms with Crippen LogP contribution >= 0.6 is 0 Å². The van der Waals surface area contributed by atoms with E-state index in [-0.39, 0.29) is 40.9 Å². The minimum absolute atomic E-state index is 0.00471. The van der Waals surface area contributed by atoms with Gasteiger partial charge in [0.2, 0.25) is 15.9 Å². The van der Waals surface area contributed by atoms with Gasteiger partial charge in [0, 0.05) is 24.3 Å². The Morgan fingerprint density at radius 2 is 1.97 bits per heavy atom. The van der Waals surface area contributed by atoms with Gasteiger partial charge in [-0.2, -0.15) is 9.57 Å². The van der Waals surface area contributed by atoms with Crippen LogP contribution in [0.2, 0.25) is 0 Å². The lowest BCUT2D eigenvalue weighted by molar-refractivity contribution is -0.120. The lowest BCUT2D eigenvalue weighted by Gasteiger charge is -2.31. The lowest BCUT2D eigenvalue weighted by atomic mass is 9.98. The number of sulfonamides is 1. The molecule has 10 heteroatoms. The third-order valence-electron chi connectivity index (χ3n) is 5.79. The minimum atomic E-state index is -4.03. The van der Waals surface area contributed by atoms with Crippen LogP contribution in [0.5, 0.6) is 0 Å². The summed E-state index contributed by atoms with van der Waals surface area (Å²) in [4.78, 5) is 12.7. The number of aromatic nitrogens is 1. The topological polar surface area (TPSA) is 116 Å². The van der Waals surface area contributed by atoms with Crippen LogP contribution in [0.4, 0.5) is 10.1 Å². The summed E-state index contributed by atoms with van der Waals surface area (Å²) in [6.45, 7) is 1.78. The number of rotatable bonds is 6. The van der Waals surface area contributed by atoms with Crippen LogP contribution in [0, 0.1) is 30.0 Å². The van der Waals surface area contributed by atoms with Crippen LogP contribution < -0.4 is 5.32 Å². The molecule has 1 fully saturated rings. The van der Waals surface area contributed by atoms with Crippen LogP contribution in [0.3, 0.4) is 0 Å². The molecule has 1 aliphatic rings. The van der Waals surface area contributed by atoms with Gasteiger partial charge in [-0.3, -0.25) is 4.79 Å². The molecule has 2 aromatic carbocycles. The quantitative estimate of drug-likeness (QED) is 0.549. The van der Waals surface area contributed by atoms with Crippen LogP contribution in [0.15, 0.2) is 57.9 Å². The summed E-state index contributed by atoms with van der Waals surface area (Å²) in [5.41, 5.74) is 1.47. The van der Waals surface area contributed by atoms with E-state index in [1.54, 1.807) is 42.5 Å². The van der Waals surface area contributed by atoms with Crippen molar-refractivity contribution in [2.75, 3.05) is 18.4 Å². The molecular formula is C25H23FN4O4S. The first-order chi connectivity index (χ1) is 16.8. The van der Waals surface area contributed by atoms with Crippen molar-refractivity contribution in [3.8, 4) is 6.07 Å². The van der Waals surface area contributed by atoms with Gasteiger partial charge in [0.1, 0.15) is 11.5 Å². The van der Waals surface area contributed by atoms with E-state index in [9.17, 15) is 17.6 Å². The molecule has 1 aliphatic heterocycles. The SMILES string of the molecule is Cc1noc(/C=C/c2ccccc2F)c1S(=O)(=O)N1CCC[C@@H](C(=O)Nc2ccc(C#N)cc2)C1. The molecular weight excluding hydrogens is 471 g/mol. The maximum Gasteiger partial charge on any atom is 0.248 e. The van der Waals surface area contributed by atoms with Gasteiger partial charge in [0.25, 0.3) is 0 Å². The zero-order chi connectivity index (χ0) is 25.0. The zero-order valence-corrected chi connectivity index (χ0v) is 19.8. The van der Waals surface area contributed by atoms with Crippen LogP contribution in [-0.2, 0) is 14.8 Å². The van der Waals surface area contributed by atoms with Gasteiger partial charge in [0.05, 0.1) is 17.6 Å². The Balaban J connectivity index is 1.53. The van der Waals surface area contributed by atoms with Gasteiger partial charge >= 0.3 is 0 Å². The molecule has 8 nitrogen and oxygen atoms in total. The Hall–Kier alpha value is -3.81. The number of anilines is 1. The van der Waals surface area contributed by atoms with Gasteiger partial charge in [-0.1, -0.05) is 23.4 Å². The molecule has 1 saturated heterocycles. The molecule has 180 valence electrons. The van der Waals surface area contributed by atoms with E-state index < -0.39 is 21.8 Å². The average Bonchev–Trinajstić information content (AvgIpc) is 3.25. The smallest absolute Gasteiger partial charge is 0.248 e. The number of carbonyl (C=O) groups excluding carboxylic acids is 1. The third-order valence-corrected chi connectivity index (χ3v) is 7.81. The highest BCUT2D eigenvalue weighted by Crippen LogP contribution is 2.30. The second-order valence-corrected chi connectivity index (χ2v) is 10.1. The van der Waals surface area contributed by atoms with Gasteiger partial charge in [-0.15, -0.1) is 0 Å². The second kappa shape index (κ2) is 10.2. The largest absolute Gasteiger partial charge is 0.355 e. The molecule has 1 N–H and O–H groups in total. The predicted molar refractivity (Wildman–Crippen MR) is 128 cm³/mol. The van der Waals surface area contributed by atoms with Crippen molar-refractivity contribution in [3.05, 3.63) is 76.9 Å². The summed E-state index contributed by atoms with van der Waals surface area (Å²) < 4.78 is 47.5. The number of benzene rings is 2. The Kier molecular flexibility index (Phi) is 7.10. The lowest BCUT2D eigenvalue weighted by Crippen LogP contribution is -2.43. The van der Waals surface area contributed by atoms with Crippen molar-refractivity contribution < 1.29 is 22.1 Å². The summed E-state index contributed by atoms with van der Waals surface area (Å²) >= 11 is 0. The normalized spacial score (nSPS) is 16.8. The molecule has 35 heavy (non-hydrogen) atoms. The van der Waals surface area contributed by atoms with E-state index in [0.29, 0.717) is 24.1 Å². The molecule has 0 saturated carbocycles. The molecule has 0 aliphatic carbocycles. The number of aryl methyl sites for hydroxylation is 1. The Morgan fingerprint density at radius 1 is 1.23 bits per heavy atom. The number of piperidine rings is 1. The van der Waals surface area contributed by atoms with E-state index >= 15 is 0 Å². The van der Waals surface area contributed by atoms with Crippen molar-refractivity contribution in [1.29, 1.82) is 5.26 Å². The van der Waals surface area contributed by atoms with E-state index in [1.807, 2.05) is 6.07 Å². The fourth-order valence-corrected chi connectivity index (χ4v) is 5.72. The van der Waals surface area contributed by atoms with E-state index in [4.69, 9.17) is 9.78 Å². The molecule has 0 bridgehead atoms. The first-order valence-corrected chi connectivity index (χ1v) is 12.4. The average molecular weight is 495 g/mol. The number of hydrogen-bond donors (Lipinski definition) is 1. The first kappa shape index (κ1) is 24.3.